The zero-order valence-electron chi connectivity index (χ0n) is 21.9. The van der Waals surface area contributed by atoms with Gasteiger partial charge in [0, 0.05) is 18.0 Å². The standard InChI is InChI=1S/C25H38BNO6S/c1-10-20-22(18(3)26-32-23(4,5)24(6,7)33-26)25(8,15-21(28)31-9)16-27(20)34(29,30)19-13-11-17(2)12-14-19/h11-14,20H,10,15-16H2,1-9H3/b22-18-/t20-,25-/m1/s1. The Morgan fingerprint density at radius 2 is 1.65 bits per heavy atom. The van der Waals surface area contributed by atoms with E-state index in [1.165, 1.54) is 11.4 Å². The van der Waals surface area contributed by atoms with Crippen LogP contribution in [-0.2, 0) is 28.9 Å². The van der Waals surface area contributed by atoms with Crippen molar-refractivity contribution in [2.24, 2.45) is 5.41 Å². The number of hydrogen-bond acceptors (Lipinski definition) is 6. The average molecular weight is 491 g/mol. The van der Waals surface area contributed by atoms with Crippen molar-refractivity contribution in [1.82, 2.24) is 4.31 Å². The van der Waals surface area contributed by atoms with Crippen molar-refractivity contribution in [3.8, 4) is 0 Å². The highest BCUT2D eigenvalue weighted by Crippen LogP contribution is 2.49. The Hall–Kier alpha value is -1.68. The van der Waals surface area contributed by atoms with Crippen molar-refractivity contribution in [2.75, 3.05) is 13.7 Å². The molecule has 0 unspecified atom stereocenters. The van der Waals surface area contributed by atoms with Crippen LogP contribution < -0.4 is 0 Å². The van der Waals surface area contributed by atoms with E-state index < -0.39 is 39.8 Å². The predicted molar refractivity (Wildman–Crippen MR) is 133 cm³/mol. The van der Waals surface area contributed by atoms with E-state index in [1.807, 2.05) is 55.4 Å². The molecular weight excluding hydrogens is 453 g/mol. The highest BCUT2D eigenvalue weighted by atomic mass is 32.2. The third-order valence-electron chi connectivity index (χ3n) is 7.64. The summed E-state index contributed by atoms with van der Waals surface area (Å²) in [7, 11) is -3.08. The van der Waals surface area contributed by atoms with Gasteiger partial charge in [0.25, 0.3) is 0 Å². The molecule has 2 aliphatic rings. The maximum absolute atomic E-state index is 13.8. The molecule has 0 aliphatic carbocycles. The number of rotatable bonds is 6. The number of esters is 1. The van der Waals surface area contributed by atoms with E-state index in [1.54, 1.807) is 24.3 Å². The van der Waals surface area contributed by atoms with E-state index in [0.29, 0.717) is 6.42 Å². The lowest BCUT2D eigenvalue weighted by molar-refractivity contribution is -0.142. The molecule has 1 aromatic carbocycles. The van der Waals surface area contributed by atoms with Gasteiger partial charge in [0.2, 0.25) is 10.0 Å². The predicted octanol–water partition coefficient (Wildman–Crippen LogP) is 4.30. The Kier molecular flexibility index (Phi) is 7.19. The molecule has 0 amide bonds. The summed E-state index contributed by atoms with van der Waals surface area (Å²) >= 11 is 0. The third kappa shape index (κ3) is 4.60. The highest BCUT2D eigenvalue weighted by Gasteiger charge is 2.56. The fourth-order valence-corrected chi connectivity index (χ4v) is 6.81. The lowest BCUT2D eigenvalue weighted by Crippen LogP contribution is -2.41. The number of methoxy groups -OCH3 is 1. The first-order chi connectivity index (χ1) is 15.6. The zero-order valence-corrected chi connectivity index (χ0v) is 22.7. The van der Waals surface area contributed by atoms with E-state index in [4.69, 9.17) is 14.0 Å². The molecule has 1 aromatic rings. The number of aryl methyl sites for hydroxylation is 1. The molecule has 188 valence electrons. The molecule has 9 heteroatoms. The SMILES string of the molecule is CC[C@@H]1/C(=C(\C)B2OC(C)(C)C(C)(C)O2)[C@](C)(CC(=O)OC)CN1S(=O)(=O)c1ccc(C)cc1. The monoisotopic (exact) mass is 491 g/mol. The van der Waals surface area contributed by atoms with Crippen molar-refractivity contribution >= 4 is 23.1 Å². The molecule has 3 rings (SSSR count). The van der Waals surface area contributed by atoms with E-state index in [2.05, 4.69) is 0 Å². The minimum absolute atomic E-state index is 0.0616. The first kappa shape index (κ1) is 26.9. The van der Waals surface area contributed by atoms with Gasteiger partial charge < -0.3 is 14.0 Å². The number of benzene rings is 1. The van der Waals surface area contributed by atoms with E-state index in [0.717, 1.165) is 16.6 Å². The summed E-state index contributed by atoms with van der Waals surface area (Å²) in [5.41, 5.74) is 0.839. The van der Waals surface area contributed by atoms with Crippen LogP contribution in [0.15, 0.2) is 40.2 Å². The fraction of sp³-hybridized carbons (Fsp3) is 0.640. The largest absolute Gasteiger partial charge is 0.490 e. The normalized spacial score (nSPS) is 28.3. The molecule has 0 aromatic heterocycles. The number of nitrogens with zero attached hydrogens (tertiary/aromatic N) is 1. The van der Waals surface area contributed by atoms with Gasteiger partial charge in [-0.1, -0.05) is 31.5 Å². The van der Waals surface area contributed by atoms with Gasteiger partial charge in [0.05, 0.1) is 29.6 Å². The molecule has 2 aliphatic heterocycles. The Morgan fingerprint density at radius 1 is 1.12 bits per heavy atom. The van der Waals surface area contributed by atoms with Crippen molar-refractivity contribution < 1.29 is 27.3 Å². The van der Waals surface area contributed by atoms with Gasteiger partial charge in [-0.05, 0) is 71.1 Å². The Labute approximate surface area is 205 Å². The van der Waals surface area contributed by atoms with Gasteiger partial charge >= 0.3 is 13.1 Å². The Morgan fingerprint density at radius 3 is 2.12 bits per heavy atom. The smallest absolute Gasteiger partial charge is 0.469 e. The number of carbonyl (C=O) groups excluding carboxylic acids is 1. The second-order valence-corrected chi connectivity index (χ2v) is 12.7. The first-order valence-electron chi connectivity index (χ1n) is 11.8. The molecule has 34 heavy (non-hydrogen) atoms. The second kappa shape index (κ2) is 9.08. The Bertz CT molecular complexity index is 1060. The van der Waals surface area contributed by atoms with Crippen molar-refractivity contribution in [3.05, 3.63) is 40.9 Å². The molecule has 2 heterocycles. The van der Waals surface area contributed by atoms with E-state index in [-0.39, 0.29) is 23.8 Å². The van der Waals surface area contributed by atoms with E-state index >= 15 is 0 Å². The van der Waals surface area contributed by atoms with Crippen LogP contribution in [0.25, 0.3) is 0 Å². The number of allylic oxidation sites excluding steroid dienone is 1. The van der Waals surface area contributed by atoms with Crippen LogP contribution in [0.3, 0.4) is 0 Å². The summed E-state index contributed by atoms with van der Waals surface area (Å²) in [5, 5.41) is 0. The van der Waals surface area contributed by atoms with Crippen LogP contribution in [0, 0.1) is 12.3 Å². The van der Waals surface area contributed by atoms with Crippen LogP contribution in [0.2, 0.25) is 0 Å². The molecule has 0 saturated carbocycles. The number of hydrogen-bond donors (Lipinski definition) is 0. The van der Waals surface area contributed by atoms with E-state index in [9.17, 15) is 13.2 Å². The van der Waals surface area contributed by atoms with Gasteiger partial charge in [-0.25, -0.2) is 8.42 Å². The van der Waals surface area contributed by atoms with Crippen LogP contribution in [0.1, 0.15) is 66.9 Å². The second-order valence-electron chi connectivity index (χ2n) is 10.8. The summed E-state index contributed by atoms with van der Waals surface area (Å²) in [6.07, 6.45) is 0.611. The van der Waals surface area contributed by atoms with Crippen molar-refractivity contribution in [2.45, 2.75) is 90.4 Å². The van der Waals surface area contributed by atoms with Gasteiger partial charge in [0.15, 0.2) is 0 Å². The number of sulfonamides is 1. The number of ether oxygens (including phenoxy) is 1. The van der Waals surface area contributed by atoms with Crippen LogP contribution in [0.4, 0.5) is 0 Å². The summed E-state index contributed by atoms with van der Waals surface area (Å²) in [6, 6.07) is 6.43. The molecule has 0 spiro atoms. The summed E-state index contributed by atoms with van der Waals surface area (Å²) in [5.74, 6) is -0.383. The number of carbonyl (C=O) groups is 1. The van der Waals surface area contributed by atoms with Crippen LogP contribution in [0.5, 0.6) is 0 Å². The maximum atomic E-state index is 13.8. The van der Waals surface area contributed by atoms with Crippen molar-refractivity contribution in [3.63, 3.8) is 0 Å². The zero-order chi connectivity index (χ0) is 25.7. The quantitative estimate of drug-likeness (QED) is 0.436. The molecular formula is C25H38BNO6S. The summed E-state index contributed by atoms with van der Waals surface area (Å²) in [6.45, 7) is 15.9. The molecule has 2 atom stereocenters. The lowest BCUT2D eigenvalue weighted by Gasteiger charge is -2.32. The molecule has 2 saturated heterocycles. The molecule has 2 fully saturated rings. The molecule has 7 nitrogen and oxygen atoms in total. The molecule has 0 radical (unpaired) electrons. The highest BCUT2D eigenvalue weighted by molar-refractivity contribution is 7.89. The first-order valence-corrected chi connectivity index (χ1v) is 13.3. The third-order valence-corrected chi connectivity index (χ3v) is 9.51. The minimum atomic E-state index is -3.80. The maximum Gasteiger partial charge on any atom is 0.490 e. The van der Waals surface area contributed by atoms with Crippen molar-refractivity contribution in [1.29, 1.82) is 0 Å². The lowest BCUT2D eigenvalue weighted by atomic mass is 9.67. The van der Waals surface area contributed by atoms with Crippen LogP contribution >= 0.6 is 0 Å². The summed E-state index contributed by atoms with van der Waals surface area (Å²) in [4.78, 5) is 12.7. The molecule has 0 bridgehead atoms. The average Bonchev–Trinajstić information content (AvgIpc) is 3.16. The summed E-state index contributed by atoms with van der Waals surface area (Å²) < 4.78 is 46.7. The fourth-order valence-electron chi connectivity index (χ4n) is 5.02. The van der Waals surface area contributed by atoms with Gasteiger partial charge in [0.1, 0.15) is 0 Å². The van der Waals surface area contributed by atoms with Gasteiger partial charge in [-0.15, -0.1) is 0 Å². The molecule has 0 N–H and O–H groups in total. The topological polar surface area (TPSA) is 82.1 Å². The minimum Gasteiger partial charge on any atom is -0.469 e. The van der Waals surface area contributed by atoms with Crippen LogP contribution in [-0.4, -0.2) is 56.7 Å². The van der Waals surface area contributed by atoms with Gasteiger partial charge in [-0.3, -0.25) is 4.79 Å². The Balaban J connectivity index is 2.14. The van der Waals surface area contributed by atoms with Gasteiger partial charge in [-0.2, -0.15) is 4.31 Å².